The summed E-state index contributed by atoms with van der Waals surface area (Å²) < 4.78 is 0. The summed E-state index contributed by atoms with van der Waals surface area (Å²) in [6, 6.07) is 13.0. The highest BCUT2D eigenvalue weighted by atomic mass is 16.1. The molecule has 2 aromatic carbocycles. The van der Waals surface area contributed by atoms with Gasteiger partial charge in [-0.3, -0.25) is 9.69 Å². The predicted octanol–water partition coefficient (Wildman–Crippen LogP) is 3.17. The average Bonchev–Trinajstić information content (AvgIpc) is 2.28. The van der Waals surface area contributed by atoms with Crippen LogP contribution in [0.4, 0.5) is 0 Å². The van der Waals surface area contributed by atoms with Gasteiger partial charge in [-0.05, 0) is 43.3 Å². The number of rotatable bonds is 4. The third kappa shape index (κ3) is 3.17. The topological polar surface area (TPSA) is 20.3 Å². The Balaban J connectivity index is 2.20. The number of hydrogen-bond donors (Lipinski definition) is 0. The molecule has 0 N–H and O–H groups in total. The van der Waals surface area contributed by atoms with Gasteiger partial charge in [0.2, 0.25) is 0 Å². The molecule has 18 heavy (non-hydrogen) atoms. The van der Waals surface area contributed by atoms with Crippen LogP contribution in [0.5, 0.6) is 0 Å². The van der Waals surface area contributed by atoms with E-state index >= 15 is 0 Å². The van der Waals surface area contributed by atoms with Gasteiger partial charge < -0.3 is 0 Å². The molecule has 0 amide bonds. The SMILES string of the molecule is CC(=O)CN(C)Cc1ccc2cc(C)ccc2c1. The lowest BCUT2D eigenvalue weighted by atomic mass is 10.0. The maximum Gasteiger partial charge on any atom is 0.143 e. The Hall–Kier alpha value is -1.67. The number of ketones is 1. The van der Waals surface area contributed by atoms with E-state index in [9.17, 15) is 4.79 Å². The van der Waals surface area contributed by atoms with Gasteiger partial charge >= 0.3 is 0 Å². The number of nitrogens with zero attached hydrogens (tertiary/aromatic N) is 1. The molecule has 0 aliphatic carbocycles. The third-order valence-electron chi connectivity index (χ3n) is 3.01. The Morgan fingerprint density at radius 1 is 1.11 bits per heavy atom. The van der Waals surface area contributed by atoms with Crippen molar-refractivity contribution in [1.82, 2.24) is 4.90 Å². The van der Waals surface area contributed by atoms with E-state index in [1.165, 1.54) is 21.9 Å². The summed E-state index contributed by atoms with van der Waals surface area (Å²) in [5.74, 6) is 0.203. The second kappa shape index (κ2) is 5.32. The minimum absolute atomic E-state index is 0.203. The van der Waals surface area contributed by atoms with Gasteiger partial charge in [0, 0.05) is 6.54 Å². The second-order valence-corrected chi connectivity index (χ2v) is 5.06. The average molecular weight is 241 g/mol. The quantitative estimate of drug-likeness (QED) is 0.819. The summed E-state index contributed by atoms with van der Waals surface area (Å²) in [6.45, 7) is 5.04. The molecule has 0 aromatic heterocycles. The molecule has 0 atom stereocenters. The van der Waals surface area contributed by atoms with Crippen molar-refractivity contribution >= 4 is 16.6 Å². The summed E-state index contributed by atoms with van der Waals surface area (Å²) in [5.41, 5.74) is 2.53. The predicted molar refractivity (Wildman–Crippen MR) is 75.7 cm³/mol. The Morgan fingerprint density at radius 2 is 1.78 bits per heavy atom. The Bertz CT molecular complexity index is 574. The summed E-state index contributed by atoms with van der Waals surface area (Å²) >= 11 is 0. The molecule has 0 radical (unpaired) electrons. The number of aryl methyl sites for hydroxylation is 1. The Morgan fingerprint density at radius 3 is 2.50 bits per heavy atom. The molecule has 2 heteroatoms. The summed E-state index contributed by atoms with van der Waals surface area (Å²) in [6.07, 6.45) is 0. The molecule has 0 fully saturated rings. The number of fused-ring (bicyclic) bond motifs is 1. The molecular weight excluding hydrogens is 222 g/mol. The number of carbonyl (C=O) groups excluding carboxylic acids is 1. The van der Waals surface area contributed by atoms with Gasteiger partial charge in [-0.2, -0.15) is 0 Å². The van der Waals surface area contributed by atoms with Crippen molar-refractivity contribution in [2.45, 2.75) is 20.4 Å². The van der Waals surface area contributed by atoms with E-state index in [1.807, 2.05) is 11.9 Å². The fourth-order valence-corrected chi connectivity index (χ4v) is 2.26. The lowest BCUT2D eigenvalue weighted by molar-refractivity contribution is -0.117. The van der Waals surface area contributed by atoms with Gasteiger partial charge in [0.05, 0.1) is 6.54 Å². The van der Waals surface area contributed by atoms with E-state index in [4.69, 9.17) is 0 Å². The third-order valence-corrected chi connectivity index (χ3v) is 3.01. The van der Waals surface area contributed by atoms with Crippen LogP contribution in [0.2, 0.25) is 0 Å². The van der Waals surface area contributed by atoms with Gasteiger partial charge in [-0.1, -0.05) is 35.9 Å². The molecule has 0 aliphatic heterocycles. The minimum Gasteiger partial charge on any atom is -0.299 e. The van der Waals surface area contributed by atoms with Gasteiger partial charge in [0.1, 0.15) is 5.78 Å². The number of Topliss-reactive ketones (excluding diaryl/α,β-unsaturated/α-hetero) is 1. The zero-order valence-corrected chi connectivity index (χ0v) is 11.2. The van der Waals surface area contributed by atoms with Crippen LogP contribution in [0.1, 0.15) is 18.1 Å². The Labute approximate surface area is 108 Å². The largest absolute Gasteiger partial charge is 0.299 e. The second-order valence-electron chi connectivity index (χ2n) is 5.06. The standard InChI is InChI=1S/C16H19NO/c1-12-4-6-16-9-14(5-7-15(16)8-12)11-17(3)10-13(2)18/h4-9H,10-11H2,1-3H3. The smallest absolute Gasteiger partial charge is 0.143 e. The lowest BCUT2D eigenvalue weighted by Gasteiger charge is -2.15. The van der Waals surface area contributed by atoms with Crippen molar-refractivity contribution in [3.05, 3.63) is 47.5 Å². The van der Waals surface area contributed by atoms with E-state index in [1.54, 1.807) is 6.92 Å². The highest BCUT2D eigenvalue weighted by Gasteiger charge is 2.04. The molecule has 0 bridgehead atoms. The fraction of sp³-hybridized carbons (Fsp3) is 0.312. The zero-order valence-electron chi connectivity index (χ0n) is 11.2. The zero-order chi connectivity index (χ0) is 13.1. The summed E-state index contributed by atoms with van der Waals surface area (Å²) in [5, 5.41) is 2.53. The number of hydrogen-bond acceptors (Lipinski definition) is 2. The molecule has 0 saturated heterocycles. The Kier molecular flexibility index (Phi) is 3.78. The van der Waals surface area contributed by atoms with Gasteiger partial charge in [-0.25, -0.2) is 0 Å². The molecule has 0 saturated carbocycles. The maximum atomic E-state index is 11.1. The van der Waals surface area contributed by atoms with E-state index in [0.29, 0.717) is 6.54 Å². The molecule has 94 valence electrons. The first-order valence-corrected chi connectivity index (χ1v) is 6.22. The van der Waals surface area contributed by atoms with Crippen LogP contribution in [-0.4, -0.2) is 24.3 Å². The van der Waals surface area contributed by atoms with Crippen LogP contribution in [-0.2, 0) is 11.3 Å². The lowest BCUT2D eigenvalue weighted by Crippen LogP contribution is -2.23. The van der Waals surface area contributed by atoms with E-state index in [0.717, 1.165) is 6.54 Å². The van der Waals surface area contributed by atoms with Crippen molar-refractivity contribution in [2.75, 3.05) is 13.6 Å². The normalized spacial score (nSPS) is 11.1. The van der Waals surface area contributed by atoms with Crippen LogP contribution in [0.15, 0.2) is 36.4 Å². The molecule has 0 heterocycles. The van der Waals surface area contributed by atoms with Crippen LogP contribution in [0, 0.1) is 6.92 Å². The molecular formula is C16H19NO. The van der Waals surface area contributed by atoms with Crippen molar-refractivity contribution in [1.29, 1.82) is 0 Å². The van der Waals surface area contributed by atoms with Crippen molar-refractivity contribution in [3.63, 3.8) is 0 Å². The highest BCUT2D eigenvalue weighted by Crippen LogP contribution is 2.18. The van der Waals surface area contributed by atoms with E-state index in [-0.39, 0.29) is 5.78 Å². The molecule has 2 nitrogen and oxygen atoms in total. The van der Waals surface area contributed by atoms with Crippen LogP contribution < -0.4 is 0 Å². The first-order valence-electron chi connectivity index (χ1n) is 6.22. The molecule has 0 spiro atoms. The summed E-state index contributed by atoms with van der Waals surface area (Å²) in [7, 11) is 1.97. The highest BCUT2D eigenvalue weighted by molar-refractivity contribution is 5.83. The van der Waals surface area contributed by atoms with Crippen molar-refractivity contribution in [3.8, 4) is 0 Å². The van der Waals surface area contributed by atoms with Gasteiger partial charge in [0.25, 0.3) is 0 Å². The van der Waals surface area contributed by atoms with Gasteiger partial charge in [0.15, 0.2) is 0 Å². The molecule has 0 unspecified atom stereocenters. The van der Waals surface area contributed by atoms with Crippen LogP contribution in [0.25, 0.3) is 10.8 Å². The summed E-state index contributed by atoms with van der Waals surface area (Å²) in [4.78, 5) is 13.1. The fourth-order valence-electron chi connectivity index (χ4n) is 2.26. The molecule has 2 rings (SSSR count). The monoisotopic (exact) mass is 241 g/mol. The number of carbonyl (C=O) groups is 1. The maximum absolute atomic E-state index is 11.1. The molecule has 2 aromatic rings. The van der Waals surface area contributed by atoms with Crippen LogP contribution >= 0.6 is 0 Å². The first kappa shape index (κ1) is 12.8. The van der Waals surface area contributed by atoms with Gasteiger partial charge in [-0.15, -0.1) is 0 Å². The number of benzene rings is 2. The van der Waals surface area contributed by atoms with Crippen molar-refractivity contribution in [2.24, 2.45) is 0 Å². The minimum atomic E-state index is 0.203. The van der Waals surface area contributed by atoms with E-state index in [2.05, 4.69) is 43.3 Å². The van der Waals surface area contributed by atoms with Crippen molar-refractivity contribution < 1.29 is 4.79 Å². The van der Waals surface area contributed by atoms with Crippen LogP contribution in [0.3, 0.4) is 0 Å². The molecule has 0 aliphatic rings. The number of likely N-dealkylation sites (N-methyl/N-ethyl adjacent to an activating group) is 1. The van der Waals surface area contributed by atoms with E-state index < -0.39 is 0 Å². The first-order chi connectivity index (χ1) is 8.54.